The van der Waals surface area contributed by atoms with E-state index in [2.05, 4.69) is 17.6 Å². The Morgan fingerprint density at radius 3 is 2.39 bits per heavy atom. The summed E-state index contributed by atoms with van der Waals surface area (Å²) >= 11 is 0. The van der Waals surface area contributed by atoms with Crippen LogP contribution in [0.5, 0.6) is 0 Å². The first-order valence-corrected chi connectivity index (χ1v) is 8.43. The van der Waals surface area contributed by atoms with E-state index in [0.717, 1.165) is 50.1 Å². The van der Waals surface area contributed by atoms with E-state index in [0.29, 0.717) is 12.5 Å². The second-order valence-electron chi connectivity index (χ2n) is 6.15. The lowest BCUT2D eigenvalue weighted by Gasteiger charge is -2.32. The zero-order valence-corrected chi connectivity index (χ0v) is 14.1. The first kappa shape index (κ1) is 17.5. The molecule has 0 aliphatic carbocycles. The Hall–Kier alpha value is -1.88. The summed E-state index contributed by atoms with van der Waals surface area (Å²) in [6.07, 6.45) is 2.14. The molecular weight excluding hydrogens is 290 g/mol. The Labute approximate surface area is 138 Å². The average molecular weight is 317 g/mol. The Kier molecular flexibility index (Phi) is 6.59. The van der Waals surface area contributed by atoms with Crippen molar-refractivity contribution in [3.8, 4) is 0 Å². The second-order valence-corrected chi connectivity index (χ2v) is 6.15. The van der Waals surface area contributed by atoms with Gasteiger partial charge in [0.1, 0.15) is 0 Å². The highest BCUT2D eigenvalue weighted by Gasteiger charge is 2.23. The summed E-state index contributed by atoms with van der Waals surface area (Å²) in [6.45, 7) is 7.84. The van der Waals surface area contributed by atoms with Crippen molar-refractivity contribution < 1.29 is 9.59 Å². The van der Waals surface area contributed by atoms with E-state index in [4.69, 9.17) is 0 Å². The van der Waals surface area contributed by atoms with Crippen molar-refractivity contribution in [2.45, 2.75) is 33.2 Å². The maximum Gasteiger partial charge on any atom is 0.253 e. The molecule has 5 nitrogen and oxygen atoms in total. The van der Waals surface area contributed by atoms with E-state index < -0.39 is 0 Å². The van der Waals surface area contributed by atoms with Crippen LogP contribution in [0.2, 0.25) is 0 Å². The van der Waals surface area contributed by atoms with Gasteiger partial charge in [0.25, 0.3) is 5.91 Å². The molecule has 0 unspecified atom stereocenters. The number of carbonyl (C=O) groups is 2. The molecule has 5 heteroatoms. The molecule has 1 fully saturated rings. The van der Waals surface area contributed by atoms with Crippen LogP contribution in [0.15, 0.2) is 24.3 Å². The standard InChI is InChI=1S/C18H27N3O2/c1-3-19-12-16-8-10-21(11-9-16)18(23)17-6-4-15(5-7-17)13-20-14(2)22/h4-7,16,19H,3,8-13H2,1-2H3,(H,20,22). The van der Waals surface area contributed by atoms with E-state index in [9.17, 15) is 9.59 Å². The number of piperidine rings is 1. The number of nitrogens with zero attached hydrogens (tertiary/aromatic N) is 1. The second kappa shape index (κ2) is 8.67. The monoisotopic (exact) mass is 317 g/mol. The maximum atomic E-state index is 12.5. The van der Waals surface area contributed by atoms with Gasteiger partial charge in [-0.1, -0.05) is 19.1 Å². The van der Waals surface area contributed by atoms with E-state index in [1.807, 2.05) is 29.2 Å². The smallest absolute Gasteiger partial charge is 0.253 e. The van der Waals surface area contributed by atoms with Crippen molar-refractivity contribution >= 4 is 11.8 Å². The number of hydrogen-bond acceptors (Lipinski definition) is 3. The quantitative estimate of drug-likeness (QED) is 0.841. The van der Waals surface area contributed by atoms with Gasteiger partial charge in [0.2, 0.25) is 5.91 Å². The van der Waals surface area contributed by atoms with Crippen molar-refractivity contribution in [1.29, 1.82) is 0 Å². The Morgan fingerprint density at radius 2 is 1.83 bits per heavy atom. The first-order valence-electron chi connectivity index (χ1n) is 8.43. The lowest BCUT2D eigenvalue weighted by molar-refractivity contribution is -0.119. The van der Waals surface area contributed by atoms with E-state index in [-0.39, 0.29) is 11.8 Å². The zero-order valence-electron chi connectivity index (χ0n) is 14.1. The number of likely N-dealkylation sites (tertiary alicyclic amines) is 1. The predicted octanol–water partition coefficient (Wildman–Crippen LogP) is 1.78. The SMILES string of the molecule is CCNCC1CCN(C(=O)c2ccc(CNC(C)=O)cc2)CC1. The number of benzene rings is 1. The van der Waals surface area contributed by atoms with Gasteiger partial charge < -0.3 is 15.5 Å². The first-order chi connectivity index (χ1) is 11.1. The molecule has 2 amide bonds. The summed E-state index contributed by atoms with van der Waals surface area (Å²) in [7, 11) is 0. The Balaban J connectivity index is 1.85. The fourth-order valence-corrected chi connectivity index (χ4v) is 2.86. The third kappa shape index (κ3) is 5.36. The summed E-state index contributed by atoms with van der Waals surface area (Å²) in [5.74, 6) is 0.739. The third-order valence-corrected chi connectivity index (χ3v) is 4.33. The molecule has 0 spiro atoms. The van der Waals surface area contributed by atoms with Crippen LogP contribution in [0.3, 0.4) is 0 Å². The van der Waals surface area contributed by atoms with Crippen molar-refractivity contribution in [2.75, 3.05) is 26.2 Å². The molecule has 2 N–H and O–H groups in total. The Morgan fingerprint density at radius 1 is 1.17 bits per heavy atom. The topological polar surface area (TPSA) is 61.4 Å². The molecular formula is C18H27N3O2. The number of amides is 2. The van der Waals surface area contributed by atoms with Gasteiger partial charge in [-0.15, -0.1) is 0 Å². The lowest BCUT2D eigenvalue weighted by Crippen LogP contribution is -2.40. The van der Waals surface area contributed by atoms with Gasteiger partial charge in [-0.3, -0.25) is 9.59 Å². The Bertz CT molecular complexity index is 520. The molecule has 2 rings (SSSR count). The van der Waals surface area contributed by atoms with E-state index in [1.165, 1.54) is 6.92 Å². The average Bonchev–Trinajstić information content (AvgIpc) is 2.58. The molecule has 1 aromatic carbocycles. The molecule has 0 aromatic heterocycles. The molecule has 0 radical (unpaired) electrons. The van der Waals surface area contributed by atoms with Crippen LogP contribution in [0.25, 0.3) is 0 Å². The van der Waals surface area contributed by atoms with E-state index >= 15 is 0 Å². The van der Waals surface area contributed by atoms with Crippen molar-refractivity contribution in [3.63, 3.8) is 0 Å². The molecule has 1 aliphatic heterocycles. The molecule has 1 aromatic rings. The minimum Gasteiger partial charge on any atom is -0.352 e. The lowest BCUT2D eigenvalue weighted by atomic mass is 9.96. The normalized spacial score (nSPS) is 15.5. The molecule has 23 heavy (non-hydrogen) atoms. The molecule has 0 saturated carbocycles. The van der Waals surface area contributed by atoms with Crippen LogP contribution >= 0.6 is 0 Å². The number of nitrogens with one attached hydrogen (secondary N) is 2. The highest BCUT2D eigenvalue weighted by atomic mass is 16.2. The van der Waals surface area contributed by atoms with Crippen molar-refractivity contribution in [2.24, 2.45) is 5.92 Å². The fourth-order valence-electron chi connectivity index (χ4n) is 2.86. The number of rotatable bonds is 6. The van der Waals surface area contributed by atoms with Gasteiger partial charge in [0, 0.05) is 32.1 Å². The predicted molar refractivity (Wildman–Crippen MR) is 91.1 cm³/mol. The highest BCUT2D eigenvalue weighted by Crippen LogP contribution is 2.18. The third-order valence-electron chi connectivity index (χ3n) is 4.33. The van der Waals surface area contributed by atoms with E-state index in [1.54, 1.807) is 0 Å². The summed E-state index contributed by atoms with van der Waals surface area (Å²) in [6, 6.07) is 7.51. The van der Waals surface area contributed by atoms with Gasteiger partial charge in [0.15, 0.2) is 0 Å². The van der Waals surface area contributed by atoms with Crippen LogP contribution in [0, 0.1) is 5.92 Å². The van der Waals surface area contributed by atoms with Crippen LogP contribution in [0.4, 0.5) is 0 Å². The van der Waals surface area contributed by atoms with Crippen LogP contribution in [-0.4, -0.2) is 42.9 Å². The minimum absolute atomic E-state index is 0.0504. The summed E-state index contributed by atoms with van der Waals surface area (Å²) in [4.78, 5) is 25.4. The van der Waals surface area contributed by atoms with Crippen LogP contribution in [-0.2, 0) is 11.3 Å². The van der Waals surface area contributed by atoms with Gasteiger partial charge in [-0.25, -0.2) is 0 Å². The molecule has 1 saturated heterocycles. The largest absolute Gasteiger partial charge is 0.352 e. The van der Waals surface area contributed by atoms with Gasteiger partial charge in [-0.05, 0) is 49.5 Å². The molecule has 0 bridgehead atoms. The molecule has 126 valence electrons. The highest BCUT2D eigenvalue weighted by molar-refractivity contribution is 5.94. The van der Waals surface area contributed by atoms with Gasteiger partial charge in [0.05, 0.1) is 0 Å². The maximum absolute atomic E-state index is 12.5. The summed E-state index contributed by atoms with van der Waals surface area (Å²) in [5.41, 5.74) is 1.72. The summed E-state index contributed by atoms with van der Waals surface area (Å²) < 4.78 is 0. The number of carbonyl (C=O) groups excluding carboxylic acids is 2. The molecule has 1 aliphatic rings. The summed E-state index contributed by atoms with van der Waals surface area (Å²) in [5, 5.41) is 6.14. The number of hydrogen-bond donors (Lipinski definition) is 2. The van der Waals surface area contributed by atoms with Crippen molar-refractivity contribution in [3.05, 3.63) is 35.4 Å². The van der Waals surface area contributed by atoms with Crippen LogP contribution in [0.1, 0.15) is 42.6 Å². The van der Waals surface area contributed by atoms with Crippen molar-refractivity contribution in [1.82, 2.24) is 15.5 Å². The zero-order chi connectivity index (χ0) is 16.7. The van der Waals surface area contributed by atoms with Gasteiger partial charge in [-0.2, -0.15) is 0 Å². The fraction of sp³-hybridized carbons (Fsp3) is 0.556. The van der Waals surface area contributed by atoms with Crippen LogP contribution < -0.4 is 10.6 Å². The van der Waals surface area contributed by atoms with Gasteiger partial charge >= 0.3 is 0 Å². The molecule has 1 heterocycles. The molecule has 0 atom stereocenters. The minimum atomic E-state index is -0.0504.